The maximum absolute atomic E-state index is 13.9. The van der Waals surface area contributed by atoms with Crippen LogP contribution in [-0.2, 0) is 16.4 Å². The molecule has 0 N–H and O–H groups in total. The van der Waals surface area contributed by atoms with Crippen molar-refractivity contribution in [2.45, 2.75) is 38.1 Å². The Balaban J connectivity index is 1.65. The second-order valence-corrected chi connectivity index (χ2v) is 10.3. The fraction of sp³-hybridized carbons (Fsp3) is 0.240. The number of fused-ring (bicyclic) bond motifs is 1. The van der Waals surface area contributed by atoms with E-state index in [-0.39, 0.29) is 22.2 Å². The lowest BCUT2D eigenvalue weighted by atomic mass is 10.1. The second-order valence-electron chi connectivity index (χ2n) is 8.49. The summed E-state index contributed by atoms with van der Waals surface area (Å²) in [5, 5.41) is 8.39. The topological polar surface area (TPSA) is 108 Å². The Hall–Kier alpha value is -3.92. The maximum atomic E-state index is 13.9. The zero-order valence-corrected chi connectivity index (χ0v) is 20.5. The largest absolute Gasteiger partial charge is 0.495 e. The molecule has 10 heteroatoms. The molecule has 3 heterocycles. The SMILES string of the molecule is COc1ccc(-c2ccc(=O)n(-c3c(C)noc3C)n2)cc1S(=O)(=O)N1c2ccccc2C[C@H]1C. The van der Waals surface area contributed by atoms with Gasteiger partial charge in [-0.25, -0.2) is 8.42 Å². The summed E-state index contributed by atoms with van der Waals surface area (Å²) in [6, 6.07) is 15.0. The molecule has 0 fully saturated rings. The minimum absolute atomic E-state index is 0.0259. The number of rotatable bonds is 5. The lowest BCUT2D eigenvalue weighted by Gasteiger charge is -2.25. The van der Waals surface area contributed by atoms with Gasteiger partial charge in [0.15, 0.2) is 5.76 Å². The predicted molar refractivity (Wildman–Crippen MR) is 131 cm³/mol. The fourth-order valence-electron chi connectivity index (χ4n) is 4.55. The molecule has 0 spiro atoms. The zero-order chi connectivity index (χ0) is 24.9. The Morgan fingerprint density at radius 2 is 1.86 bits per heavy atom. The molecule has 1 atom stereocenters. The fourth-order valence-corrected chi connectivity index (χ4v) is 6.43. The van der Waals surface area contributed by atoms with Crippen LogP contribution in [0.2, 0.25) is 0 Å². The van der Waals surface area contributed by atoms with Gasteiger partial charge in [-0.2, -0.15) is 9.78 Å². The van der Waals surface area contributed by atoms with Gasteiger partial charge in [0, 0.05) is 17.7 Å². The Morgan fingerprint density at radius 1 is 1.09 bits per heavy atom. The van der Waals surface area contributed by atoms with E-state index >= 15 is 0 Å². The predicted octanol–water partition coefficient (Wildman–Crippen LogP) is 3.65. The highest BCUT2D eigenvalue weighted by Crippen LogP contribution is 2.39. The normalized spacial score (nSPS) is 15.3. The summed E-state index contributed by atoms with van der Waals surface area (Å²) in [6.07, 6.45) is 0.626. The number of benzene rings is 2. The molecule has 180 valence electrons. The molecule has 0 saturated heterocycles. The lowest BCUT2D eigenvalue weighted by Crippen LogP contribution is -2.36. The average Bonchev–Trinajstić information content (AvgIpc) is 3.36. The van der Waals surface area contributed by atoms with Crippen molar-refractivity contribution < 1.29 is 17.7 Å². The number of ether oxygens (including phenoxy) is 1. The summed E-state index contributed by atoms with van der Waals surface area (Å²) in [4.78, 5) is 12.6. The second kappa shape index (κ2) is 8.38. The third-order valence-electron chi connectivity index (χ3n) is 6.15. The first kappa shape index (κ1) is 22.9. The maximum Gasteiger partial charge on any atom is 0.271 e. The van der Waals surface area contributed by atoms with Crippen LogP contribution in [0.5, 0.6) is 5.75 Å². The van der Waals surface area contributed by atoms with E-state index in [4.69, 9.17) is 9.26 Å². The van der Waals surface area contributed by atoms with Gasteiger partial charge in [-0.1, -0.05) is 23.4 Å². The lowest BCUT2D eigenvalue weighted by molar-refractivity contribution is 0.392. The molecule has 9 nitrogen and oxygen atoms in total. The van der Waals surface area contributed by atoms with Crippen LogP contribution in [0.3, 0.4) is 0 Å². The molecule has 0 unspecified atom stereocenters. The van der Waals surface area contributed by atoms with Crippen LogP contribution in [-0.4, -0.2) is 36.5 Å². The zero-order valence-electron chi connectivity index (χ0n) is 19.7. The summed E-state index contributed by atoms with van der Waals surface area (Å²) in [7, 11) is -2.53. The van der Waals surface area contributed by atoms with E-state index in [1.165, 1.54) is 28.2 Å². The van der Waals surface area contributed by atoms with E-state index in [1.54, 1.807) is 32.0 Å². The van der Waals surface area contributed by atoms with E-state index in [9.17, 15) is 13.2 Å². The molecule has 0 saturated carbocycles. The van der Waals surface area contributed by atoms with E-state index in [1.807, 2.05) is 31.2 Å². The molecular weight excluding hydrogens is 468 g/mol. The van der Waals surface area contributed by atoms with Crippen molar-refractivity contribution in [2.24, 2.45) is 0 Å². The molecule has 0 radical (unpaired) electrons. The standard InChI is InChI=1S/C25H24N4O5S/c1-15-13-19-7-5-6-8-21(19)29(15)35(31,32)23-14-18(9-11-22(23)33-4)20-10-12-24(30)28(26-20)25-16(2)27-34-17(25)3/h5-12,14-15H,13H2,1-4H3/t15-/m1/s1. The van der Waals surface area contributed by atoms with Crippen molar-refractivity contribution in [3.63, 3.8) is 0 Å². The number of anilines is 1. The van der Waals surface area contributed by atoms with E-state index < -0.39 is 10.0 Å². The molecule has 4 aromatic rings. The Labute approximate surface area is 202 Å². The van der Waals surface area contributed by atoms with Gasteiger partial charge < -0.3 is 9.26 Å². The molecule has 35 heavy (non-hydrogen) atoms. The third-order valence-corrected chi connectivity index (χ3v) is 8.10. The van der Waals surface area contributed by atoms with Gasteiger partial charge in [0.25, 0.3) is 15.6 Å². The highest BCUT2D eigenvalue weighted by atomic mass is 32.2. The summed E-state index contributed by atoms with van der Waals surface area (Å²) in [6.45, 7) is 5.30. The first-order valence-corrected chi connectivity index (χ1v) is 12.5. The molecular formula is C25H24N4O5S. The number of hydrogen-bond acceptors (Lipinski definition) is 7. The van der Waals surface area contributed by atoms with Crippen molar-refractivity contribution in [3.05, 3.63) is 82.0 Å². The van der Waals surface area contributed by atoms with Crippen molar-refractivity contribution in [3.8, 4) is 22.7 Å². The number of hydrogen-bond donors (Lipinski definition) is 0. The smallest absolute Gasteiger partial charge is 0.271 e. The molecule has 0 aliphatic carbocycles. The van der Waals surface area contributed by atoms with Crippen LogP contribution in [0.15, 0.2) is 68.8 Å². The van der Waals surface area contributed by atoms with E-state index in [0.29, 0.717) is 40.5 Å². The number of methoxy groups -OCH3 is 1. The molecule has 2 aromatic heterocycles. The molecule has 5 rings (SSSR count). The third kappa shape index (κ3) is 3.70. The van der Waals surface area contributed by atoms with Gasteiger partial charge in [-0.3, -0.25) is 9.10 Å². The quantitative estimate of drug-likeness (QED) is 0.418. The van der Waals surface area contributed by atoms with Crippen molar-refractivity contribution in [1.29, 1.82) is 0 Å². The molecule has 0 amide bonds. The van der Waals surface area contributed by atoms with Gasteiger partial charge in [-0.05, 0) is 63.1 Å². The first-order valence-electron chi connectivity index (χ1n) is 11.1. The van der Waals surface area contributed by atoms with Gasteiger partial charge >= 0.3 is 0 Å². The van der Waals surface area contributed by atoms with Crippen LogP contribution in [0.25, 0.3) is 16.9 Å². The highest BCUT2D eigenvalue weighted by molar-refractivity contribution is 7.93. The Morgan fingerprint density at radius 3 is 2.57 bits per heavy atom. The van der Waals surface area contributed by atoms with Gasteiger partial charge in [0.2, 0.25) is 0 Å². The number of sulfonamides is 1. The van der Waals surface area contributed by atoms with Gasteiger partial charge in [0.1, 0.15) is 22.0 Å². The van der Waals surface area contributed by atoms with Gasteiger partial charge in [0.05, 0.1) is 18.5 Å². The summed E-state index contributed by atoms with van der Waals surface area (Å²) < 4.78 is 41.1. The minimum Gasteiger partial charge on any atom is -0.495 e. The van der Waals surface area contributed by atoms with Crippen LogP contribution < -0.4 is 14.6 Å². The number of aromatic nitrogens is 3. The van der Waals surface area contributed by atoms with E-state index in [0.717, 1.165) is 5.56 Å². The van der Waals surface area contributed by atoms with E-state index in [2.05, 4.69) is 10.3 Å². The monoisotopic (exact) mass is 492 g/mol. The van der Waals surface area contributed by atoms with Crippen LogP contribution in [0.4, 0.5) is 5.69 Å². The molecule has 1 aliphatic heterocycles. The van der Waals surface area contributed by atoms with Crippen molar-refractivity contribution >= 4 is 15.7 Å². The minimum atomic E-state index is -3.96. The van der Waals surface area contributed by atoms with Crippen molar-refractivity contribution in [2.75, 3.05) is 11.4 Å². The van der Waals surface area contributed by atoms with Crippen LogP contribution >= 0.6 is 0 Å². The average molecular weight is 493 g/mol. The number of nitrogens with zero attached hydrogens (tertiary/aromatic N) is 4. The summed E-state index contributed by atoms with van der Waals surface area (Å²) >= 11 is 0. The van der Waals surface area contributed by atoms with Crippen molar-refractivity contribution in [1.82, 2.24) is 14.9 Å². The summed E-state index contributed by atoms with van der Waals surface area (Å²) in [5.41, 5.74) is 3.20. The summed E-state index contributed by atoms with van der Waals surface area (Å²) in [5.74, 6) is 0.679. The van der Waals surface area contributed by atoms with Crippen LogP contribution in [0.1, 0.15) is 23.9 Å². The van der Waals surface area contributed by atoms with Gasteiger partial charge in [-0.15, -0.1) is 0 Å². The Bertz CT molecular complexity index is 1590. The van der Waals surface area contributed by atoms with Crippen LogP contribution in [0, 0.1) is 13.8 Å². The Kier molecular flexibility index (Phi) is 5.47. The molecule has 0 bridgehead atoms. The molecule has 2 aromatic carbocycles. The number of aryl methyl sites for hydroxylation is 2. The molecule has 1 aliphatic rings. The highest BCUT2D eigenvalue weighted by Gasteiger charge is 2.37. The number of para-hydroxylation sites is 1. The first-order chi connectivity index (χ1) is 16.7.